The molecule has 45 valence electrons. The third kappa shape index (κ3) is 0.669. The molecule has 1 radical (unpaired) electrons. The molecule has 0 aromatic heterocycles. The highest BCUT2D eigenvalue weighted by Gasteiger charge is 2.18. The van der Waals surface area contributed by atoms with Crippen LogP contribution in [0, 0.1) is 0 Å². The predicted octanol–water partition coefficient (Wildman–Crippen LogP) is 0.515. The van der Waals surface area contributed by atoms with Gasteiger partial charge in [0.25, 0.3) is 6.21 Å². The average Bonchev–Trinajstić information content (AvgIpc) is 2.33. The van der Waals surface area contributed by atoms with Crippen molar-refractivity contribution < 1.29 is 0 Å². The monoisotopic (exact) mass is 120 g/mol. The number of hydrogen-bond donors (Lipinski definition) is 1. The first kappa shape index (κ1) is 4.79. The zero-order chi connectivity index (χ0) is 6.10. The van der Waals surface area contributed by atoms with Crippen molar-refractivity contribution in [2.45, 2.75) is 12.8 Å². The largest absolute Gasteiger partial charge is 0.280 e. The van der Waals surface area contributed by atoms with Crippen LogP contribution in [0.1, 0.15) is 12.8 Å². The number of hydrazone groups is 1. The molecular formula is C7H8N2+. The van der Waals surface area contributed by atoms with E-state index in [2.05, 4.69) is 22.7 Å². The Morgan fingerprint density at radius 1 is 1.33 bits per heavy atom. The second-order valence-corrected chi connectivity index (χ2v) is 2.25. The van der Waals surface area contributed by atoms with E-state index in [1.54, 1.807) is 0 Å². The lowest BCUT2D eigenvalue weighted by Crippen LogP contribution is -2.09. The van der Waals surface area contributed by atoms with Crippen LogP contribution in [-0.2, 0) is 0 Å². The van der Waals surface area contributed by atoms with E-state index in [-0.39, 0.29) is 0 Å². The molecule has 2 nitrogen and oxygen atoms in total. The Bertz CT molecular complexity index is 211. The molecule has 0 atom stereocenters. The topological polar surface area (TPSA) is 26.1 Å². The van der Waals surface area contributed by atoms with Gasteiger partial charge in [-0.3, -0.25) is 0 Å². The summed E-state index contributed by atoms with van der Waals surface area (Å²) in [7, 11) is 0. The van der Waals surface area contributed by atoms with Gasteiger partial charge in [-0.15, -0.1) is 5.43 Å². The molecule has 0 bridgehead atoms. The zero-order valence-corrected chi connectivity index (χ0v) is 5.09. The predicted molar refractivity (Wildman–Crippen MR) is 36.7 cm³/mol. The molecule has 1 N–H and O–H groups in total. The standard InChI is InChI=1S/C7H8N2/c1-2-4-7-6(3-1)5-8-9-7/h1-2,5,9H,3-4H2/q+1. The number of allylic oxidation sites excluding steroid dienone is 3. The lowest BCUT2D eigenvalue weighted by atomic mass is 10.1. The summed E-state index contributed by atoms with van der Waals surface area (Å²) in [5.74, 6) is 0. The lowest BCUT2D eigenvalue weighted by Gasteiger charge is -1.99. The van der Waals surface area contributed by atoms with Crippen LogP contribution in [0.3, 0.4) is 0 Å². The molecule has 2 aliphatic rings. The van der Waals surface area contributed by atoms with Crippen molar-refractivity contribution in [1.29, 1.82) is 0 Å². The van der Waals surface area contributed by atoms with Crippen LogP contribution < -0.4 is 10.5 Å². The Balaban J connectivity index is 2.28. The minimum absolute atomic E-state index is 1.02. The van der Waals surface area contributed by atoms with Gasteiger partial charge < -0.3 is 0 Å². The zero-order valence-electron chi connectivity index (χ0n) is 5.09. The van der Waals surface area contributed by atoms with E-state index in [0.29, 0.717) is 0 Å². The summed E-state index contributed by atoms with van der Waals surface area (Å²) < 4.78 is 0. The minimum atomic E-state index is 1.02. The van der Waals surface area contributed by atoms with Crippen molar-refractivity contribution in [3.63, 3.8) is 0 Å². The summed E-state index contributed by atoms with van der Waals surface area (Å²) in [5, 5.41) is 3.94. The maximum absolute atomic E-state index is 3.94. The average molecular weight is 120 g/mol. The van der Waals surface area contributed by atoms with Gasteiger partial charge in [0, 0.05) is 6.42 Å². The second kappa shape index (κ2) is 1.72. The third-order valence-electron chi connectivity index (χ3n) is 1.63. The highest BCUT2D eigenvalue weighted by atomic mass is 15.3. The minimum Gasteiger partial charge on any atom is -0.104 e. The summed E-state index contributed by atoms with van der Waals surface area (Å²) in [6, 6.07) is 0. The van der Waals surface area contributed by atoms with Crippen molar-refractivity contribution in [2.24, 2.45) is 0 Å². The van der Waals surface area contributed by atoms with Crippen molar-refractivity contribution in [3.8, 4) is 0 Å². The highest BCUT2D eigenvalue weighted by molar-refractivity contribution is 5.81. The maximum atomic E-state index is 3.94. The Labute approximate surface area is 54.0 Å². The van der Waals surface area contributed by atoms with Crippen LogP contribution >= 0.6 is 0 Å². The second-order valence-electron chi connectivity index (χ2n) is 2.25. The molecule has 1 aliphatic carbocycles. The molecule has 0 amide bonds. The summed E-state index contributed by atoms with van der Waals surface area (Å²) in [6.45, 7) is 0. The number of nitrogens with one attached hydrogen (secondary N) is 1. The van der Waals surface area contributed by atoms with Gasteiger partial charge in [0.2, 0.25) is 0 Å². The number of nitrogens with zero attached hydrogens (tertiary/aromatic N) is 1. The smallest absolute Gasteiger partial charge is 0.104 e. The molecule has 0 aromatic carbocycles. The molecule has 0 spiro atoms. The van der Waals surface area contributed by atoms with Gasteiger partial charge in [-0.2, -0.15) is 0 Å². The highest BCUT2D eigenvalue weighted by Crippen LogP contribution is 2.16. The van der Waals surface area contributed by atoms with Gasteiger partial charge in [-0.1, -0.05) is 12.2 Å². The fraction of sp³-hybridized carbons (Fsp3) is 0.286. The Morgan fingerprint density at radius 2 is 2.22 bits per heavy atom. The van der Waals surface area contributed by atoms with Gasteiger partial charge in [-0.05, 0) is 6.42 Å². The Kier molecular flexibility index (Phi) is 0.918. The van der Waals surface area contributed by atoms with Crippen LogP contribution in [0.5, 0.6) is 0 Å². The molecule has 0 unspecified atom stereocenters. The molecule has 2 rings (SSSR count). The van der Waals surface area contributed by atoms with Gasteiger partial charge in [-0.25, -0.2) is 0 Å². The first-order chi connectivity index (χ1) is 4.47. The first-order valence-corrected chi connectivity index (χ1v) is 3.13. The molecule has 2 heteroatoms. The van der Waals surface area contributed by atoms with E-state index >= 15 is 0 Å². The Morgan fingerprint density at radius 3 is 3.11 bits per heavy atom. The van der Waals surface area contributed by atoms with E-state index in [9.17, 15) is 0 Å². The molecule has 1 heterocycles. The third-order valence-corrected chi connectivity index (χ3v) is 1.63. The number of rotatable bonds is 0. The van der Waals surface area contributed by atoms with Crippen LogP contribution in [0.25, 0.3) is 0 Å². The van der Waals surface area contributed by atoms with Crippen molar-refractivity contribution in [3.05, 3.63) is 23.4 Å². The van der Waals surface area contributed by atoms with E-state index in [4.69, 9.17) is 0 Å². The summed E-state index contributed by atoms with van der Waals surface area (Å²) >= 11 is 0. The molecular weight excluding hydrogens is 112 g/mol. The van der Waals surface area contributed by atoms with Crippen molar-refractivity contribution >= 4 is 6.21 Å². The van der Waals surface area contributed by atoms with Gasteiger partial charge in [0.1, 0.15) is 0 Å². The van der Waals surface area contributed by atoms with E-state index in [1.165, 1.54) is 11.3 Å². The molecule has 9 heavy (non-hydrogen) atoms. The molecule has 0 saturated heterocycles. The van der Waals surface area contributed by atoms with E-state index in [0.717, 1.165) is 12.8 Å². The first-order valence-electron chi connectivity index (χ1n) is 3.13. The quantitative estimate of drug-likeness (QED) is 0.463. The van der Waals surface area contributed by atoms with Crippen LogP contribution in [0.15, 0.2) is 23.4 Å². The summed E-state index contributed by atoms with van der Waals surface area (Å²) in [4.78, 5) is 0. The van der Waals surface area contributed by atoms with Gasteiger partial charge >= 0.3 is 0 Å². The van der Waals surface area contributed by atoms with E-state index < -0.39 is 0 Å². The van der Waals surface area contributed by atoms with Crippen molar-refractivity contribution in [2.75, 3.05) is 0 Å². The summed E-state index contributed by atoms with van der Waals surface area (Å²) in [6.07, 6.45) is 8.32. The maximum Gasteiger partial charge on any atom is 0.280 e. The van der Waals surface area contributed by atoms with Crippen molar-refractivity contribution in [1.82, 2.24) is 10.5 Å². The van der Waals surface area contributed by atoms with Gasteiger partial charge in [0.05, 0.1) is 11.3 Å². The normalized spacial score (nSPS) is 22.2. The van der Waals surface area contributed by atoms with Crippen LogP contribution in [-0.4, -0.2) is 6.21 Å². The number of hydrogen-bond acceptors (Lipinski definition) is 2. The molecule has 1 aliphatic heterocycles. The molecule has 0 fully saturated rings. The lowest BCUT2D eigenvalue weighted by molar-refractivity contribution is 0.795. The molecule has 0 aromatic rings. The Hall–Kier alpha value is -1.05. The van der Waals surface area contributed by atoms with Crippen LogP contribution in [0.2, 0.25) is 0 Å². The van der Waals surface area contributed by atoms with E-state index in [1.807, 2.05) is 6.21 Å². The molecule has 0 saturated carbocycles. The SMILES string of the molecule is C1=CCC2=C(C=[N+]N2)C1. The fourth-order valence-corrected chi connectivity index (χ4v) is 1.10. The summed E-state index contributed by atoms with van der Waals surface area (Å²) in [5.41, 5.74) is 5.58. The van der Waals surface area contributed by atoms with Crippen LogP contribution in [0.4, 0.5) is 0 Å². The van der Waals surface area contributed by atoms with Gasteiger partial charge in [0.15, 0.2) is 5.10 Å². The fourth-order valence-electron chi connectivity index (χ4n) is 1.10.